The van der Waals surface area contributed by atoms with Gasteiger partial charge in [-0.05, 0) is 25.0 Å². The maximum absolute atomic E-state index is 11.0. The van der Waals surface area contributed by atoms with Gasteiger partial charge < -0.3 is 9.84 Å². The molecule has 0 aliphatic rings. The van der Waals surface area contributed by atoms with Gasteiger partial charge in [-0.25, -0.2) is 0 Å². The SMILES string of the molecule is O=C(CCCCC(S)CCS)OCCO. The molecular formula is C10H20O3S2. The van der Waals surface area contributed by atoms with E-state index in [-0.39, 0.29) is 19.2 Å². The number of carbonyl (C=O) groups is 1. The Hall–Kier alpha value is 0.130. The highest BCUT2D eigenvalue weighted by Crippen LogP contribution is 2.12. The Morgan fingerprint density at radius 2 is 2.07 bits per heavy atom. The molecule has 0 saturated heterocycles. The molecule has 15 heavy (non-hydrogen) atoms. The van der Waals surface area contributed by atoms with E-state index in [1.165, 1.54) is 0 Å². The second kappa shape index (κ2) is 10.6. The minimum absolute atomic E-state index is 0.105. The van der Waals surface area contributed by atoms with E-state index in [1.54, 1.807) is 0 Å². The Balaban J connectivity index is 3.26. The van der Waals surface area contributed by atoms with Crippen LogP contribution in [0.4, 0.5) is 0 Å². The molecule has 0 radical (unpaired) electrons. The van der Waals surface area contributed by atoms with Crippen molar-refractivity contribution in [3.05, 3.63) is 0 Å². The summed E-state index contributed by atoms with van der Waals surface area (Å²) in [6.45, 7) is 0.0000770. The van der Waals surface area contributed by atoms with Gasteiger partial charge >= 0.3 is 5.97 Å². The molecule has 0 bridgehead atoms. The lowest BCUT2D eigenvalue weighted by molar-refractivity contribution is -0.144. The highest BCUT2D eigenvalue weighted by atomic mass is 32.1. The second-order valence-corrected chi connectivity index (χ2v) is 4.53. The van der Waals surface area contributed by atoms with Gasteiger partial charge in [-0.15, -0.1) is 0 Å². The molecule has 90 valence electrons. The van der Waals surface area contributed by atoms with Crippen LogP contribution in [0, 0.1) is 0 Å². The molecule has 0 aliphatic carbocycles. The predicted octanol–water partition coefficient (Wildman–Crippen LogP) is 1.70. The standard InChI is InChI=1S/C10H20O3S2/c11-6-7-13-10(12)4-2-1-3-9(15)5-8-14/h9,11,14-15H,1-8H2. The summed E-state index contributed by atoms with van der Waals surface area (Å²) in [6, 6.07) is 0. The van der Waals surface area contributed by atoms with Crippen LogP contribution in [0.15, 0.2) is 0 Å². The van der Waals surface area contributed by atoms with Crippen LogP contribution in [0.1, 0.15) is 32.1 Å². The van der Waals surface area contributed by atoms with Crippen molar-refractivity contribution in [3.63, 3.8) is 0 Å². The van der Waals surface area contributed by atoms with Crippen molar-refractivity contribution in [3.8, 4) is 0 Å². The van der Waals surface area contributed by atoms with Gasteiger partial charge in [-0.3, -0.25) is 4.79 Å². The quantitative estimate of drug-likeness (QED) is 0.332. The first-order valence-electron chi connectivity index (χ1n) is 5.26. The van der Waals surface area contributed by atoms with Crippen LogP contribution in [0.3, 0.4) is 0 Å². The third-order valence-corrected chi connectivity index (χ3v) is 2.76. The lowest BCUT2D eigenvalue weighted by Crippen LogP contribution is -2.08. The minimum Gasteiger partial charge on any atom is -0.463 e. The Labute approximate surface area is 102 Å². The summed E-state index contributed by atoms with van der Waals surface area (Å²) < 4.78 is 4.73. The smallest absolute Gasteiger partial charge is 0.305 e. The number of aliphatic hydroxyl groups is 1. The highest BCUT2D eigenvalue weighted by molar-refractivity contribution is 7.81. The Bertz CT molecular complexity index is 165. The van der Waals surface area contributed by atoms with E-state index in [9.17, 15) is 4.79 Å². The molecule has 0 aromatic carbocycles. The molecule has 0 aromatic rings. The molecule has 0 aliphatic heterocycles. The Kier molecular flexibility index (Phi) is 10.7. The van der Waals surface area contributed by atoms with E-state index < -0.39 is 0 Å². The fraction of sp³-hybridized carbons (Fsp3) is 0.900. The van der Waals surface area contributed by atoms with Crippen LogP contribution in [0.2, 0.25) is 0 Å². The van der Waals surface area contributed by atoms with Gasteiger partial charge in [-0.2, -0.15) is 25.3 Å². The molecule has 0 saturated carbocycles. The van der Waals surface area contributed by atoms with Crippen molar-refractivity contribution in [1.29, 1.82) is 0 Å². The molecule has 1 unspecified atom stereocenters. The van der Waals surface area contributed by atoms with Crippen LogP contribution in [-0.2, 0) is 9.53 Å². The van der Waals surface area contributed by atoms with Gasteiger partial charge in [0.15, 0.2) is 0 Å². The maximum Gasteiger partial charge on any atom is 0.305 e. The van der Waals surface area contributed by atoms with Crippen molar-refractivity contribution in [2.24, 2.45) is 0 Å². The van der Waals surface area contributed by atoms with E-state index in [2.05, 4.69) is 25.3 Å². The molecule has 0 spiro atoms. The normalized spacial score (nSPS) is 12.5. The van der Waals surface area contributed by atoms with E-state index >= 15 is 0 Å². The van der Waals surface area contributed by atoms with Crippen LogP contribution >= 0.6 is 25.3 Å². The molecule has 3 nitrogen and oxygen atoms in total. The maximum atomic E-state index is 11.0. The number of ether oxygens (including phenoxy) is 1. The molecule has 0 fully saturated rings. The summed E-state index contributed by atoms with van der Waals surface area (Å²) in [7, 11) is 0. The van der Waals surface area contributed by atoms with Crippen molar-refractivity contribution < 1.29 is 14.6 Å². The molecule has 1 N–H and O–H groups in total. The topological polar surface area (TPSA) is 46.5 Å². The molecule has 0 aromatic heterocycles. The number of aliphatic hydroxyl groups excluding tert-OH is 1. The number of rotatable bonds is 9. The molecule has 5 heteroatoms. The molecular weight excluding hydrogens is 232 g/mol. The van der Waals surface area contributed by atoms with E-state index in [0.717, 1.165) is 31.4 Å². The number of hydrogen-bond donors (Lipinski definition) is 3. The van der Waals surface area contributed by atoms with Gasteiger partial charge in [0.1, 0.15) is 6.61 Å². The van der Waals surface area contributed by atoms with Gasteiger partial charge in [0, 0.05) is 11.7 Å². The summed E-state index contributed by atoms with van der Waals surface area (Å²) in [6.07, 6.45) is 4.25. The van der Waals surface area contributed by atoms with Crippen molar-refractivity contribution in [2.75, 3.05) is 19.0 Å². The van der Waals surface area contributed by atoms with Crippen LogP contribution in [-0.4, -0.2) is 35.3 Å². The first-order chi connectivity index (χ1) is 7.20. The summed E-state index contributed by atoms with van der Waals surface area (Å²) >= 11 is 8.52. The van der Waals surface area contributed by atoms with Crippen LogP contribution in [0.5, 0.6) is 0 Å². The van der Waals surface area contributed by atoms with Crippen molar-refractivity contribution in [1.82, 2.24) is 0 Å². The zero-order valence-electron chi connectivity index (χ0n) is 8.89. The Morgan fingerprint density at radius 3 is 2.67 bits per heavy atom. The van der Waals surface area contributed by atoms with Gasteiger partial charge in [0.2, 0.25) is 0 Å². The predicted molar refractivity (Wildman–Crippen MR) is 67.8 cm³/mol. The Morgan fingerprint density at radius 1 is 1.33 bits per heavy atom. The molecule has 0 rings (SSSR count). The third kappa shape index (κ3) is 10.4. The number of esters is 1. The largest absolute Gasteiger partial charge is 0.463 e. The fourth-order valence-electron chi connectivity index (χ4n) is 1.17. The zero-order valence-corrected chi connectivity index (χ0v) is 10.7. The second-order valence-electron chi connectivity index (χ2n) is 3.36. The van der Waals surface area contributed by atoms with Gasteiger partial charge in [-0.1, -0.05) is 6.42 Å². The van der Waals surface area contributed by atoms with E-state index in [1.807, 2.05) is 0 Å². The van der Waals surface area contributed by atoms with E-state index in [4.69, 9.17) is 9.84 Å². The average molecular weight is 252 g/mol. The summed E-state index contributed by atoms with van der Waals surface area (Å²) in [5, 5.41) is 8.81. The lowest BCUT2D eigenvalue weighted by Gasteiger charge is -2.08. The monoisotopic (exact) mass is 252 g/mol. The molecule has 0 heterocycles. The lowest BCUT2D eigenvalue weighted by atomic mass is 10.1. The van der Waals surface area contributed by atoms with Gasteiger partial charge in [0.25, 0.3) is 0 Å². The number of thiol groups is 2. The first kappa shape index (κ1) is 15.1. The highest BCUT2D eigenvalue weighted by Gasteiger charge is 2.04. The fourth-order valence-corrected chi connectivity index (χ4v) is 2.00. The zero-order chi connectivity index (χ0) is 11.5. The average Bonchev–Trinajstić information content (AvgIpc) is 2.22. The van der Waals surface area contributed by atoms with Crippen molar-refractivity contribution >= 4 is 31.2 Å². The van der Waals surface area contributed by atoms with Gasteiger partial charge in [0.05, 0.1) is 6.61 Å². The summed E-state index contributed by atoms with van der Waals surface area (Å²) in [4.78, 5) is 11.0. The minimum atomic E-state index is -0.228. The number of unbranched alkanes of at least 4 members (excludes halogenated alkanes) is 1. The molecule has 0 amide bonds. The van der Waals surface area contributed by atoms with Crippen LogP contribution in [0.25, 0.3) is 0 Å². The number of carbonyl (C=O) groups excluding carboxylic acids is 1. The van der Waals surface area contributed by atoms with Crippen molar-refractivity contribution in [2.45, 2.75) is 37.4 Å². The van der Waals surface area contributed by atoms with Crippen LogP contribution < -0.4 is 0 Å². The third-order valence-electron chi connectivity index (χ3n) is 1.98. The van der Waals surface area contributed by atoms with E-state index in [0.29, 0.717) is 11.7 Å². The summed E-state index contributed by atoms with van der Waals surface area (Å²) in [5.41, 5.74) is 0. The first-order valence-corrected chi connectivity index (χ1v) is 6.41. The summed E-state index contributed by atoms with van der Waals surface area (Å²) in [5.74, 6) is 0.626. The molecule has 1 atom stereocenters. The number of hydrogen-bond acceptors (Lipinski definition) is 5.